The van der Waals surface area contributed by atoms with Gasteiger partial charge in [-0.25, -0.2) is 4.79 Å². The third-order valence-corrected chi connectivity index (χ3v) is 1.62. The standard InChI is InChI=1S/C11H15NO4/c1-11(2,3)16-10(15)12-8-6-7(13)4-5-9(8)14/h4-6,13-14H,1-3H3,(H,12,15). The van der Waals surface area contributed by atoms with Crippen LogP contribution in [0.3, 0.4) is 0 Å². The second-order valence-electron chi connectivity index (χ2n) is 4.33. The molecule has 0 spiro atoms. The number of phenols is 2. The lowest BCUT2D eigenvalue weighted by Crippen LogP contribution is -2.27. The highest BCUT2D eigenvalue weighted by Gasteiger charge is 2.17. The van der Waals surface area contributed by atoms with Crippen molar-refractivity contribution in [3.8, 4) is 11.5 Å². The first-order valence-corrected chi connectivity index (χ1v) is 4.80. The number of anilines is 1. The zero-order chi connectivity index (χ0) is 12.3. The zero-order valence-corrected chi connectivity index (χ0v) is 9.44. The minimum Gasteiger partial charge on any atom is -0.508 e. The lowest BCUT2D eigenvalue weighted by atomic mass is 10.2. The number of phenolic OH excluding ortho intramolecular Hbond substituents is 2. The Balaban J connectivity index is 2.73. The molecule has 0 heterocycles. The Morgan fingerprint density at radius 1 is 1.31 bits per heavy atom. The summed E-state index contributed by atoms with van der Waals surface area (Å²) in [6, 6.07) is 3.83. The summed E-state index contributed by atoms with van der Waals surface area (Å²) in [7, 11) is 0. The van der Waals surface area contributed by atoms with E-state index in [2.05, 4.69) is 5.32 Å². The Bertz CT molecular complexity index is 395. The van der Waals surface area contributed by atoms with Gasteiger partial charge in [0.2, 0.25) is 0 Å². The van der Waals surface area contributed by atoms with Crippen LogP contribution in [0.25, 0.3) is 0 Å². The monoisotopic (exact) mass is 225 g/mol. The third-order valence-electron chi connectivity index (χ3n) is 1.62. The first-order chi connectivity index (χ1) is 7.28. The van der Waals surface area contributed by atoms with Crippen molar-refractivity contribution >= 4 is 11.8 Å². The van der Waals surface area contributed by atoms with Crippen LogP contribution in [0.5, 0.6) is 11.5 Å². The van der Waals surface area contributed by atoms with Crippen molar-refractivity contribution in [1.82, 2.24) is 0 Å². The van der Waals surface area contributed by atoms with Gasteiger partial charge in [-0.1, -0.05) is 0 Å². The molecule has 16 heavy (non-hydrogen) atoms. The van der Waals surface area contributed by atoms with Gasteiger partial charge in [-0.2, -0.15) is 0 Å². The van der Waals surface area contributed by atoms with E-state index in [1.165, 1.54) is 18.2 Å². The molecule has 0 saturated carbocycles. The summed E-state index contributed by atoms with van der Waals surface area (Å²) in [5.41, 5.74) is -0.509. The van der Waals surface area contributed by atoms with Gasteiger partial charge in [0, 0.05) is 6.07 Å². The Morgan fingerprint density at radius 2 is 1.94 bits per heavy atom. The number of benzene rings is 1. The fraction of sp³-hybridized carbons (Fsp3) is 0.364. The average Bonchev–Trinajstić information content (AvgIpc) is 2.08. The first kappa shape index (κ1) is 12.2. The molecule has 1 amide bonds. The van der Waals surface area contributed by atoms with Crippen LogP contribution in [0.1, 0.15) is 20.8 Å². The van der Waals surface area contributed by atoms with Gasteiger partial charge < -0.3 is 14.9 Å². The van der Waals surface area contributed by atoms with Gasteiger partial charge in [-0.15, -0.1) is 0 Å². The van der Waals surface area contributed by atoms with E-state index in [1.807, 2.05) is 0 Å². The molecule has 1 aromatic carbocycles. The zero-order valence-electron chi connectivity index (χ0n) is 9.44. The Hall–Kier alpha value is -1.91. The molecule has 0 unspecified atom stereocenters. The van der Waals surface area contributed by atoms with Crippen LogP contribution in [0.2, 0.25) is 0 Å². The molecular weight excluding hydrogens is 210 g/mol. The van der Waals surface area contributed by atoms with Gasteiger partial charge in [0.05, 0.1) is 5.69 Å². The van der Waals surface area contributed by atoms with Gasteiger partial charge in [0.15, 0.2) is 0 Å². The van der Waals surface area contributed by atoms with E-state index in [0.29, 0.717) is 0 Å². The SMILES string of the molecule is CC(C)(C)OC(=O)Nc1cc(O)ccc1O. The first-order valence-electron chi connectivity index (χ1n) is 4.80. The molecule has 0 atom stereocenters. The second kappa shape index (κ2) is 4.30. The van der Waals surface area contributed by atoms with E-state index in [-0.39, 0.29) is 17.2 Å². The number of hydrogen-bond donors (Lipinski definition) is 3. The van der Waals surface area contributed by atoms with E-state index in [9.17, 15) is 15.0 Å². The normalized spacial score (nSPS) is 10.9. The van der Waals surface area contributed by atoms with E-state index in [4.69, 9.17) is 4.74 Å². The lowest BCUT2D eigenvalue weighted by molar-refractivity contribution is 0.0635. The van der Waals surface area contributed by atoms with Crippen molar-refractivity contribution in [2.75, 3.05) is 5.32 Å². The van der Waals surface area contributed by atoms with Crippen LogP contribution in [-0.4, -0.2) is 21.9 Å². The number of carbonyl (C=O) groups excluding carboxylic acids is 1. The highest BCUT2D eigenvalue weighted by atomic mass is 16.6. The van der Waals surface area contributed by atoms with Crippen molar-refractivity contribution < 1.29 is 19.7 Å². The number of amides is 1. The molecule has 0 fully saturated rings. The number of nitrogens with one attached hydrogen (secondary N) is 1. The summed E-state index contributed by atoms with van der Waals surface area (Å²) in [4.78, 5) is 11.4. The quantitative estimate of drug-likeness (QED) is 0.506. The van der Waals surface area contributed by atoms with Crippen molar-refractivity contribution in [2.45, 2.75) is 26.4 Å². The summed E-state index contributed by atoms with van der Waals surface area (Å²) in [6.07, 6.45) is -0.687. The maximum Gasteiger partial charge on any atom is 0.412 e. The van der Waals surface area contributed by atoms with Crippen molar-refractivity contribution in [3.63, 3.8) is 0 Å². The molecule has 5 heteroatoms. The number of carbonyl (C=O) groups is 1. The van der Waals surface area contributed by atoms with E-state index < -0.39 is 11.7 Å². The molecule has 0 radical (unpaired) electrons. The van der Waals surface area contributed by atoms with Crippen molar-refractivity contribution in [3.05, 3.63) is 18.2 Å². The van der Waals surface area contributed by atoms with E-state index in [0.717, 1.165) is 0 Å². The largest absolute Gasteiger partial charge is 0.508 e. The van der Waals surface area contributed by atoms with Crippen molar-refractivity contribution in [1.29, 1.82) is 0 Å². The minimum atomic E-state index is -0.687. The molecule has 0 aliphatic rings. The number of ether oxygens (including phenoxy) is 1. The predicted molar refractivity (Wildman–Crippen MR) is 59.6 cm³/mol. The number of hydrogen-bond acceptors (Lipinski definition) is 4. The molecule has 1 rings (SSSR count). The van der Waals surface area contributed by atoms with Gasteiger partial charge in [-0.05, 0) is 32.9 Å². The molecule has 1 aromatic rings. The van der Waals surface area contributed by atoms with Crippen LogP contribution in [0, 0.1) is 0 Å². The lowest BCUT2D eigenvalue weighted by Gasteiger charge is -2.19. The smallest absolute Gasteiger partial charge is 0.412 e. The average molecular weight is 225 g/mol. The fourth-order valence-corrected chi connectivity index (χ4v) is 1.04. The predicted octanol–water partition coefficient (Wildman–Crippen LogP) is 2.44. The molecule has 0 aromatic heterocycles. The van der Waals surface area contributed by atoms with Crippen molar-refractivity contribution in [2.24, 2.45) is 0 Å². The Kier molecular flexibility index (Phi) is 3.27. The topological polar surface area (TPSA) is 78.8 Å². The second-order valence-corrected chi connectivity index (χ2v) is 4.33. The van der Waals surface area contributed by atoms with Crippen LogP contribution in [0.4, 0.5) is 10.5 Å². The number of aromatic hydroxyl groups is 2. The number of rotatable bonds is 1. The van der Waals surface area contributed by atoms with Gasteiger partial charge in [-0.3, -0.25) is 5.32 Å². The molecule has 0 saturated heterocycles. The maximum absolute atomic E-state index is 11.4. The van der Waals surface area contributed by atoms with Crippen LogP contribution >= 0.6 is 0 Å². The summed E-state index contributed by atoms with van der Waals surface area (Å²) < 4.78 is 4.99. The van der Waals surface area contributed by atoms with Gasteiger partial charge in [0.25, 0.3) is 0 Å². The van der Waals surface area contributed by atoms with Gasteiger partial charge in [0.1, 0.15) is 17.1 Å². The third kappa shape index (κ3) is 3.68. The summed E-state index contributed by atoms with van der Waals surface area (Å²) in [6.45, 7) is 5.19. The fourth-order valence-electron chi connectivity index (χ4n) is 1.04. The van der Waals surface area contributed by atoms with Crippen LogP contribution < -0.4 is 5.32 Å². The summed E-state index contributed by atoms with van der Waals surface area (Å²) >= 11 is 0. The van der Waals surface area contributed by atoms with Crippen LogP contribution in [-0.2, 0) is 4.74 Å². The Morgan fingerprint density at radius 3 is 2.50 bits per heavy atom. The Labute approximate surface area is 93.7 Å². The van der Waals surface area contributed by atoms with Crippen LogP contribution in [0.15, 0.2) is 18.2 Å². The van der Waals surface area contributed by atoms with Gasteiger partial charge >= 0.3 is 6.09 Å². The molecule has 5 nitrogen and oxygen atoms in total. The maximum atomic E-state index is 11.4. The summed E-state index contributed by atoms with van der Waals surface area (Å²) in [5, 5.41) is 20.9. The highest BCUT2D eigenvalue weighted by Crippen LogP contribution is 2.27. The molecule has 0 aliphatic heterocycles. The molecule has 0 aliphatic carbocycles. The van der Waals surface area contributed by atoms with E-state index >= 15 is 0 Å². The molecule has 88 valence electrons. The highest BCUT2D eigenvalue weighted by molar-refractivity contribution is 5.87. The summed E-state index contributed by atoms with van der Waals surface area (Å²) in [5.74, 6) is -0.187. The molecule has 0 bridgehead atoms. The molecule has 3 N–H and O–H groups in total. The molecular formula is C11H15NO4. The van der Waals surface area contributed by atoms with E-state index in [1.54, 1.807) is 20.8 Å². The minimum absolute atomic E-state index is 0.0520.